The molecule has 3 rings (SSSR count). The third kappa shape index (κ3) is 2.72. The minimum Gasteiger partial charge on any atom is -0.316 e. The van der Waals surface area contributed by atoms with Crippen LogP contribution in [0.3, 0.4) is 0 Å². The summed E-state index contributed by atoms with van der Waals surface area (Å²) in [5.74, 6) is 1.23. The van der Waals surface area contributed by atoms with Gasteiger partial charge in [0.1, 0.15) is 0 Å². The van der Waals surface area contributed by atoms with E-state index in [-0.39, 0.29) is 11.4 Å². The molecule has 112 valence electrons. The average Bonchev–Trinajstić information content (AvgIpc) is 2.99. The molecule has 0 aromatic heterocycles. The number of fused-ring (bicyclic) bond motifs is 1. The Hall–Kier alpha value is -2.06. The van der Waals surface area contributed by atoms with Gasteiger partial charge in [-0.15, -0.1) is 0 Å². The SMILES string of the molecule is O=[N+]([O-])c1ccc(CN2C[C@H]3CNC[C@H]3C2)c([N+](=O)[O-])c1. The smallest absolute Gasteiger partial charge is 0.280 e. The molecule has 1 aromatic rings. The summed E-state index contributed by atoms with van der Waals surface area (Å²) in [6, 6.07) is 3.89. The minimum atomic E-state index is -0.608. The zero-order chi connectivity index (χ0) is 15.0. The first-order valence-corrected chi connectivity index (χ1v) is 6.89. The molecule has 2 fully saturated rings. The third-order valence-electron chi connectivity index (χ3n) is 4.34. The van der Waals surface area contributed by atoms with Crippen molar-refractivity contribution in [3.63, 3.8) is 0 Å². The number of nitrogens with one attached hydrogen (secondary N) is 1. The largest absolute Gasteiger partial charge is 0.316 e. The van der Waals surface area contributed by atoms with E-state index in [4.69, 9.17) is 0 Å². The van der Waals surface area contributed by atoms with Crippen molar-refractivity contribution in [1.29, 1.82) is 0 Å². The zero-order valence-electron chi connectivity index (χ0n) is 11.4. The maximum Gasteiger partial charge on any atom is 0.280 e. The Labute approximate surface area is 121 Å². The molecule has 0 spiro atoms. The Balaban J connectivity index is 1.78. The van der Waals surface area contributed by atoms with Gasteiger partial charge in [0.25, 0.3) is 11.4 Å². The summed E-state index contributed by atoms with van der Waals surface area (Å²) in [7, 11) is 0. The number of hydrogen-bond acceptors (Lipinski definition) is 6. The average molecular weight is 292 g/mol. The van der Waals surface area contributed by atoms with Crippen LogP contribution in [0, 0.1) is 32.1 Å². The summed E-state index contributed by atoms with van der Waals surface area (Å²) >= 11 is 0. The number of non-ortho nitro benzene ring substituents is 1. The van der Waals surface area contributed by atoms with Crippen molar-refractivity contribution >= 4 is 11.4 Å². The van der Waals surface area contributed by atoms with Crippen LogP contribution in [0.4, 0.5) is 11.4 Å². The van der Waals surface area contributed by atoms with Gasteiger partial charge < -0.3 is 5.32 Å². The maximum absolute atomic E-state index is 11.1. The molecule has 2 saturated heterocycles. The first kappa shape index (κ1) is 13.9. The van der Waals surface area contributed by atoms with Crippen molar-refractivity contribution in [3.05, 3.63) is 44.0 Å². The summed E-state index contributed by atoms with van der Waals surface area (Å²) in [6.07, 6.45) is 0. The molecule has 1 N–H and O–H groups in total. The van der Waals surface area contributed by atoms with E-state index in [9.17, 15) is 20.2 Å². The molecule has 2 atom stereocenters. The highest BCUT2D eigenvalue weighted by Crippen LogP contribution is 2.30. The lowest BCUT2D eigenvalue weighted by Gasteiger charge is -2.16. The molecule has 2 aliphatic rings. The van der Waals surface area contributed by atoms with Crippen LogP contribution in [0.2, 0.25) is 0 Å². The molecule has 1 aromatic carbocycles. The van der Waals surface area contributed by atoms with Crippen LogP contribution >= 0.6 is 0 Å². The number of likely N-dealkylation sites (tertiary alicyclic amines) is 1. The highest BCUT2D eigenvalue weighted by molar-refractivity contribution is 5.49. The Bertz CT molecular complexity index is 580. The van der Waals surface area contributed by atoms with E-state index in [0.717, 1.165) is 32.2 Å². The van der Waals surface area contributed by atoms with Crippen LogP contribution in [0.25, 0.3) is 0 Å². The van der Waals surface area contributed by atoms with Gasteiger partial charge in [0.05, 0.1) is 15.9 Å². The first-order chi connectivity index (χ1) is 10.0. The molecule has 0 bridgehead atoms. The van der Waals surface area contributed by atoms with Gasteiger partial charge in [0.15, 0.2) is 0 Å². The molecule has 8 heteroatoms. The Morgan fingerprint density at radius 1 is 1.14 bits per heavy atom. The fourth-order valence-corrected chi connectivity index (χ4v) is 3.29. The number of benzene rings is 1. The van der Waals surface area contributed by atoms with E-state index >= 15 is 0 Å². The fraction of sp³-hybridized carbons (Fsp3) is 0.538. The summed E-state index contributed by atoms with van der Waals surface area (Å²) < 4.78 is 0. The lowest BCUT2D eigenvalue weighted by Crippen LogP contribution is -2.25. The van der Waals surface area contributed by atoms with Crippen molar-refractivity contribution in [2.24, 2.45) is 11.8 Å². The Morgan fingerprint density at radius 3 is 2.38 bits per heavy atom. The summed E-state index contributed by atoms with van der Waals surface area (Å²) in [5, 5.41) is 25.2. The fourth-order valence-electron chi connectivity index (χ4n) is 3.29. The third-order valence-corrected chi connectivity index (χ3v) is 4.34. The molecular formula is C13H16N4O4. The highest BCUT2D eigenvalue weighted by atomic mass is 16.6. The lowest BCUT2D eigenvalue weighted by molar-refractivity contribution is -0.394. The number of nitro groups is 2. The zero-order valence-corrected chi connectivity index (χ0v) is 11.4. The van der Waals surface area contributed by atoms with Gasteiger partial charge in [-0.25, -0.2) is 0 Å². The molecule has 2 aliphatic heterocycles. The van der Waals surface area contributed by atoms with Gasteiger partial charge in [-0.1, -0.05) is 0 Å². The van der Waals surface area contributed by atoms with Crippen molar-refractivity contribution in [2.45, 2.75) is 6.54 Å². The van der Waals surface area contributed by atoms with Gasteiger partial charge in [0.2, 0.25) is 0 Å². The summed E-state index contributed by atoms with van der Waals surface area (Å²) in [6.45, 7) is 4.33. The molecule has 0 aliphatic carbocycles. The predicted molar refractivity (Wildman–Crippen MR) is 74.9 cm³/mol. The van der Waals surface area contributed by atoms with Gasteiger partial charge in [-0.2, -0.15) is 0 Å². The van der Waals surface area contributed by atoms with E-state index < -0.39 is 9.85 Å². The number of hydrogen-bond donors (Lipinski definition) is 1. The minimum absolute atomic E-state index is 0.167. The van der Waals surface area contributed by atoms with Crippen molar-refractivity contribution in [3.8, 4) is 0 Å². The predicted octanol–water partition coefficient (Wildman–Crippen LogP) is 1.15. The molecule has 0 radical (unpaired) electrons. The van der Waals surface area contributed by atoms with E-state index in [1.165, 1.54) is 12.1 Å². The number of nitrogens with zero attached hydrogens (tertiary/aromatic N) is 3. The van der Waals surface area contributed by atoms with Crippen LogP contribution in [0.15, 0.2) is 18.2 Å². The topological polar surface area (TPSA) is 102 Å². The van der Waals surface area contributed by atoms with E-state index in [2.05, 4.69) is 10.2 Å². The molecule has 0 saturated carbocycles. The van der Waals surface area contributed by atoms with Gasteiger partial charge >= 0.3 is 0 Å². The second kappa shape index (κ2) is 5.38. The molecule has 8 nitrogen and oxygen atoms in total. The van der Waals surface area contributed by atoms with Gasteiger partial charge in [0, 0.05) is 31.3 Å². The lowest BCUT2D eigenvalue weighted by atomic mass is 10.0. The van der Waals surface area contributed by atoms with Crippen molar-refractivity contribution in [1.82, 2.24) is 10.2 Å². The molecule has 0 amide bonds. The Kier molecular flexibility index (Phi) is 3.56. The standard InChI is InChI=1S/C13H16N4O4/c18-16(19)12-2-1-9(13(3-12)17(20)21)6-15-7-10-4-14-5-11(10)8-15/h1-3,10-11,14H,4-8H2/t10-,11+. The van der Waals surface area contributed by atoms with Gasteiger partial charge in [-0.05, 0) is 31.0 Å². The quantitative estimate of drug-likeness (QED) is 0.660. The summed E-state index contributed by atoms with van der Waals surface area (Å²) in [5.41, 5.74) is 0.130. The summed E-state index contributed by atoms with van der Waals surface area (Å²) in [4.78, 5) is 22.9. The first-order valence-electron chi connectivity index (χ1n) is 6.89. The second-order valence-electron chi connectivity index (χ2n) is 5.70. The van der Waals surface area contributed by atoms with Crippen LogP contribution in [0.1, 0.15) is 5.56 Å². The van der Waals surface area contributed by atoms with Crippen LogP contribution in [-0.2, 0) is 6.54 Å². The molecule has 2 heterocycles. The van der Waals surface area contributed by atoms with Crippen LogP contribution in [-0.4, -0.2) is 40.9 Å². The van der Waals surface area contributed by atoms with Crippen molar-refractivity contribution in [2.75, 3.05) is 26.2 Å². The van der Waals surface area contributed by atoms with E-state index in [1.807, 2.05) is 0 Å². The maximum atomic E-state index is 11.1. The highest BCUT2D eigenvalue weighted by Gasteiger charge is 2.36. The molecular weight excluding hydrogens is 276 g/mol. The van der Waals surface area contributed by atoms with Crippen LogP contribution in [0.5, 0.6) is 0 Å². The van der Waals surface area contributed by atoms with Crippen LogP contribution < -0.4 is 5.32 Å². The second-order valence-corrected chi connectivity index (χ2v) is 5.70. The number of nitro benzene ring substituents is 2. The Morgan fingerprint density at radius 2 is 1.81 bits per heavy atom. The van der Waals surface area contributed by atoms with E-state index in [1.54, 1.807) is 0 Å². The van der Waals surface area contributed by atoms with E-state index in [0.29, 0.717) is 23.9 Å². The van der Waals surface area contributed by atoms with Crippen molar-refractivity contribution < 1.29 is 9.85 Å². The molecule has 21 heavy (non-hydrogen) atoms. The van der Waals surface area contributed by atoms with Gasteiger partial charge in [-0.3, -0.25) is 25.1 Å². The monoisotopic (exact) mass is 292 g/mol. The normalized spacial score (nSPS) is 25.0. The number of rotatable bonds is 4. The molecule has 0 unspecified atom stereocenters.